The molecule has 3 heterocycles. The fourth-order valence-electron chi connectivity index (χ4n) is 5.10. The van der Waals surface area contributed by atoms with Gasteiger partial charge in [-0.25, -0.2) is 4.79 Å². The number of amides is 1. The van der Waals surface area contributed by atoms with Crippen molar-refractivity contribution in [2.75, 3.05) is 26.7 Å². The van der Waals surface area contributed by atoms with Crippen LogP contribution in [-0.4, -0.2) is 65.3 Å². The Hall–Kier alpha value is -3.13. The van der Waals surface area contributed by atoms with Crippen molar-refractivity contribution in [3.8, 4) is 5.75 Å². The summed E-state index contributed by atoms with van der Waals surface area (Å²) in [6.45, 7) is 8.48. The van der Waals surface area contributed by atoms with Gasteiger partial charge in [0.25, 0.3) is 0 Å². The van der Waals surface area contributed by atoms with Gasteiger partial charge in [0.15, 0.2) is 0 Å². The fraction of sp³-hybridized carbons (Fsp3) is 0.552. The second-order valence-electron chi connectivity index (χ2n) is 10.8. The summed E-state index contributed by atoms with van der Waals surface area (Å²) < 4.78 is 17.1. The lowest BCUT2D eigenvalue weighted by Gasteiger charge is -2.39. The number of ether oxygens (including phenoxy) is 3. The average Bonchev–Trinajstić information content (AvgIpc) is 2.88. The molecule has 0 bridgehead atoms. The summed E-state index contributed by atoms with van der Waals surface area (Å²) in [5, 5.41) is 0. The highest BCUT2D eigenvalue weighted by Gasteiger charge is 2.33. The first-order chi connectivity index (χ1) is 17.7. The number of esters is 1. The molecule has 1 aromatic heterocycles. The largest absolute Gasteiger partial charge is 0.490 e. The number of carbonyl (C=O) groups is 2. The predicted octanol–water partition coefficient (Wildman–Crippen LogP) is 4.91. The molecule has 4 rings (SSSR count). The third kappa shape index (κ3) is 7.22. The molecule has 37 heavy (non-hydrogen) atoms. The molecule has 1 amide bonds. The normalized spacial score (nSPS) is 18.7. The van der Waals surface area contributed by atoms with Gasteiger partial charge in [-0.2, -0.15) is 0 Å². The zero-order valence-corrected chi connectivity index (χ0v) is 22.4. The van der Waals surface area contributed by atoms with Crippen molar-refractivity contribution in [3.05, 3.63) is 59.4 Å². The predicted molar refractivity (Wildman–Crippen MR) is 140 cm³/mol. The van der Waals surface area contributed by atoms with Crippen molar-refractivity contribution in [2.24, 2.45) is 0 Å². The van der Waals surface area contributed by atoms with Crippen LogP contribution >= 0.6 is 0 Å². The van der Waals surface area contributed by atoms with Gasteiger partial charge in [0, 0.05) is 69.7 Å². The summed E-state index contributed by atoms with van der Waals surface area (Å²) in [7, 11) is 1.43. The molecule has 2 aliphatic rings. The molecule has 200 valence electrons. The van der Waals surface area contributed by atoms with E-state index >= 15 is 0 Å². The van der Waals surface area contributed by atoms with Crippen LogP contribution in [0.4, 0.5) is 4.79 Å². The molecular formula is C29H39N3O5. The molecule has 0 aliphatic carbocycles. The van der Waals surface area contributed by atoms with Gasteiger partial charge in [-0.1, -0.05) is 30.3 Å². The van der Waals surface area contributed by atoms with E-state index in [0.29, 0.717) is 25.9 Å². The minimum atomic E-state index is -0.509. The molecule has 2 aromatic rings. The van der Waals surface area contributed by atoms with Crippen molar-refractivity contribution < 1.29 is 23.8 Å². The van der Waals surface area contributed by atoms with Gasteiger partial charge in [0.1, 0.15) is 17.5 Å². The van der Waals surface area contributed by atoms with Crippen LogP contribution < -0.4 is 4.74 Å². The quantitative estimate of drug-likeness (QED) is 0.491. The number of pyridine rings is 1. The molecule has 8 heteroatoms. The Morgan fingerprint density at radius 2 is 1.78 bits per heavy atom. The topological polar surface area (TPSA) is 81.2 Å². The molecule has 0 saturated carbocycles. The number of rotatable bonds is 7. The summed E-state index contributed by atoms with van der Waals surface area (Å²) in [5.41, 5.74) is 2.83. The Kier molecular flexibility index (Phi) is 8.69. The van der Waals surface area contributed by atoms with E-state index in [2.05, 4.69) is 34.1 Å². The molecule has 1 unspecified atom stereocenters. The van der Waals surface area contributed by atoms with E-state index in [4.69, 9.17) is 14.2 Å². The number of carbonyl (C=O) groups excluding carboxylic acids is 2. The summed E-state index contributed by atoms with van der Waals surface area (Å²) in [4.78, 5) is 33.4. The average molecular weight is 510 g/mol. The molecule has 8 nitrogen and oxygen atoms in total. The second kappa shape index (κ2) is 11.9. The highest BCUT2D eigenvalue weighted by molar-refractivity contribution is 5.69. The summed E-state index contributed by atoms with van der Waals surface area (Å²) in [5.74, 6) is 0.612. The molecule has 0 spiro atoms. The lowest BCUT2D eigenvalue weighted by Crippen LogP contribution is -2.44. The van der Waals surface area contributed by atoms with Crippen LogP contribution in [0, 0.1) is 0 Å². The van der Waals surface area contributed by atoms with Crippen LogP contribution in [0.5, 0.6) is 5.75 Å². The second-order valence-corrected chi connectivity index (χ2v) is 10.8. The number of fused-ring (bicyclic) bond motifs is 1. The van der Waals surface area contributed by atoms with E-state index in [-0.39, 0.29) is 24.2 Å². The van der Waals surface area contributed by atoms with E-state index in [1.807, 2.05) is 39.1 Å². The number of piperidine rings is 1. The Morgan fingerprint density at radius 3 is 2.46 bits per heavy atom. The number of hydrogen-bond acceptors (Lipinski definition) is 7. The van der Waals surface area contributed by atoms with Gasteiger partial charge >= 0.3 is 12.1 Å². The van der Waals surface area contributed by atoms with Gasteiger partial charge in [-0.3, -0.25) is 14.7 Å². The highest BCUT2D eigenvalue weighted by Crippen LogP contribution is 2.40. The lowest BCUT2D eigenvalue weighted by atomic mass is 9.91. The monoisotopic (exact) mass is 509 g/mol. The van der Waals surface area contributed by atoms with E-state index < -0.39 is 5.60 Å². The zero-order valence-electron chi connectivity index (χ0n) is 22.4. The first-order valence-corrected chi connectivity index (χ1v) is 13.2. The lowest BCUT2D eigenvalue weighted by molar-refractivity contribution is -0.141. The van der Waals surface area contributed by atoms with Gasteiger partial charge < -0.3 is 19.1 Å². The Morgan fingerprint density at radius 1 is 1.05 bits per heavy atom. The molecule has 0 radical (unpaired) electrons. The van der Waals surface area contributed by atoms with E-state index in [1.54, 1.807) is 4.90 Å². The standard InChI is InChI=1S/C29H39N3O5/c1-29(2,3)37-28(34)31-17-13-22(14-18-31)36-25-12-16-30-23-15-19-32(20-21-8-6-5-7-9-21)24(27(23)25)10-11-26(33)35-4/h5-9,12,16,22,24H,10-11,13-15,17-20H2,1-4H3. The van der Waals surface area contributed by atoms with Crippen molar-refractivity contribution in [1.82, 2.24) is 14.8 Å². The fourth-order valence-corrected chi connectivity index (χ4v) is 5.10. The van der Waals surface area contributed by atoms with Crippen LogP contribution in [-0.2, 0) is 27.2 Å². The number of aromatic nitrogens is 1. The van der Waals surface area contributed by atoms with Crippen LogP contribution in [0.1, 0.15) is 69.3 Å². The molecule has 1 atom stereocenters. The first kappa shape index (κ1) is 26.9. The third-order valence-corrected chi connectivity index (χ3v) is 6.91. The molecule has 0 N–H and O–H groups in total. The molecular weight excluding hydrogens is 470 g/mol. The smallest absolute Gasteiger partial charge is 0.410 e. The van der Waals surface area contributed by atoms with Crippen molar-refractivity contribution >= 4 is 12.1 Å². The zero-order chi connectivity index (χ0) is 26.4. The van der Waals surface area contributed by atoms with Crippen LogP contribution in [0.25, 0.3) is 0 Å². The van der Waals surface area contributed by atoms with E-state index in [1.165, 1.54) is 12.7 Å². The number of benzene rings is 1. The van der Waals surface area contributed by atoms with Crippen LogP contribution in [0.3, 0.4) is 0 Å². The first-order valence-electron chi connectivity index (χ1n) is 13.2. The maximum Gasteiger partial charge on any atom is 0.410 e. The molecule has 1 fully saturated rings. The maximum atomic E-state index is 12.5. The SMILES string of the molecule is COC(=O)CCC1c2c(OC3CCN(C(=O)OC(C)(C)C)CC3)ccnc2CCN1Cc1ccccc1. The minimum absolute atomic E-state index is 0.00376. The maximum absolute atomic E-state index is 12.5. The molecule has 1 saturated heterocycles. The Labute approximate surface area is 219 Å². The summed E-state index contributed by atoms with van der Waals surface area (Å²) in [6.07, 6.45) is 4.79. The Bertz CT molecular complexity index is 1060. The number of nitrogens with zero attached hydrogens (tertiary/aromatic N) is 3. The number of methoxy groups -OCH3 is 1. The summed E-state index contributed by atoms with van der Waals surface area (Å²) >= 11 is 0. The van der Waals surface area contributed by atoms with Gasteiger partial charge in [0.05, 0.1) is 12.8 Å². The van der Waals surface area contributed by atoms with Crippen molar-refractivity contribution in [3.63, 3.8) is 0 Å². The van der Waals surface area contributed by atoms with Gasteiger partial charge in [-0.15, -0.1) is 0 Å². The number of likely N-dealkylation sites (tertiary alicyclic amines) is 1. The molecule has 2 aliphatic heterocycles. The molecule has 1 aromatic carbocycles. The van der Waals surface area contributed by atoms with Crippen LogP contribution in [0.2, 0.25) is 0 Å². The van der Waals surface area contributed by atoms with E-state index in [9.17, 15) is 9.59 Å². The third-order valence-electron chi connectivity index (χ3n) is 6.91. The summed E-state index contributed by atoms with van der Waals surface area (Å²) in [6, 6.07) is 12.3. The Balaban J connectivity index is 1.50. The van der Waals surface area contributed by atoms with E-state index in [0.717, 1.165) is 49.4 Å². The van der Waals surface area contributed by atoms with Crippen molar-refractivity contribution in [2.45, 2.75) is 77.2 Å². The van der Waals surface area contributed by atoms with Crippen LogP contribution in [0.15, 0.2) is 42.6 Å². The van der Waals surface area contributed by atoms with Gasteiger partial charge in [-0.05, 0) is 38.8 Å². The van der Waals surface area contributed by atoms with Crippen molar-refractivity contribution in [1.29, 1.82) is 0 Å². The highest BCUT2D eigenvalue weighted by atomic mass is 16.6. The minimum Gasteiger partial charge on any atom is -0.490 e. The number of hydrogen-bond donors (Lipinski definition) is 0. The van der Waals surface area contributed by atoms with Gasteiger partial charge in [0.2, 0.25) is 0 Å².